The van der Waals surface area contributed by atoms with Gasteiger partial charge in [-0.3, -0.25) is 4.98 Å². The van der Waals surface area contributed by atoms with E-state index in [4.69, 9.17) is 9.47 Å². The minimum atomic E-state index is 0. The summed E-state index contributed by atoms with van der Waals surface area (Å²) < 4.78 is 11.0. The van der Waals surface area contributed by atoms with Crippen LogP contribution in [0.25, 0.3) is 0 Å². The second-order valence-corrected chi connectivity index (χ2v) is 6.41. The van der Waals surface area contributed by atoms with Gasteiger partial charge in [0.25, 0.3) is 0 Å². The molecular formula is C22H33IN4O2. The van der Waals surface area contributed by atoms with Crippen molar-refractivity contribution in [2.75, 3.05) is 26.8 Å². The number of hydrogen-bond acceptors (Lipinski definition) is 4. The molecule has 0 fully saturated rings. The lowest BCUT2D eigenvalue weighted by Crippen LogP contribution is -2.37. The van der Waals surface area contributed by atoms with E-state index in [1.807, 2.05) is 38.1 Å². The molecule has 7 heteroatoms. The van der Waals surface area contributed by atoms with E-state index in [1.54, 1.807) is 7.11 Å². The molecule has 160 valence electrons. The average Bonchev–Trinajstić information content (AvgIpc) is 2.70. The Balaban J connectivity index is 0.00000420. The molecule has 0 saturated carbocycles. The van der Waals surface area contributed by atoms with Crippen LogP contribution in [0.3, 0.4) is 0 Å². The summed E-state index contributed by atoms with van der Waals surface area (Å²) in [5, 5.41) is 6.67. The Kier molecular flexibility index (Phi) is 12.1. The second-order valence-electron chi connectivity index (χ2n) is 6.41. The topological polar surface area (TPSA) is 67.8 Å². The van der Waals surface area contributed by atoms with E-state index in [-0.39, 0.29) is 24.0 Å². The van der Waals surface area contributed by atoms with Gasteiger partial charge in [0.2, 0.25) is 0 Å². The minimum absolute atomic E-state index is 0. The van der Waals surface area contributed by atoms with Crippen molar-refractivity contribution in [1.29, 1.82) is 0 Å². The minimum Gasteiger partial charge on any atom is -0.493 e. The number of nitrogens with one attached hydrogen (secondary N) is 2. The van der Waals surface area contributed by atoms with Gasteiger partial charge in [-0.25, -0.2) is 4.99 Å². The van der Waals surface area contributed by atoms with Gasteiger partial charge in [0.15, 0.2) is 17.5 Å². The Bertz CT molecular complexity index is 768. The molecule has 2 aromatic rings. The lowest BCUT2D eigenvalue weighted by Gasteiger charge is -2.13. The van der Waals surface area contributed by atoms with Crippen molar-refractivity contribution in [3.63, 3.8) is 0 Å². The number of guanidine groups is 1. The summed E-state index contributed by atoms with van der Waals surface area (Å²) in [6.07, 6.45) is 1.95. The molecule has 6 nitrogen and oxygen atoms in total. The Morgan fingerprint density at radius 3 is 2.62 bits per heavy atom. The van der Waals surface area contributed by atoms with Crippen LogP contribution in [0.4, 0.5) is 0 Å². The molecule has 1 heterocycles. The van der Waals surface area contributed by atoms with E-state index in [1.165, 1.54) is 5.56 Å². The van der Waals surface area contributed by atoms with E-state index in [0.717, 1.165) is 54.8 Å². The largest absolute Gasteiger partial charge is 0.493 e. The van der Waals surface area contributed by atoms with Gasteiger partial charge in [-0.1, -0.05) is 12.1 Å². The van der Waals surface area contributed by atoms with Gasteiger partial charge in [0.05, 0.1) is 26.0 Å². The molecule has 29 heavy (non-hydrogen) atoms. The molecule has 0 amide bonds. The van der Waals surface area contributed by atoms with E-state index >= 15 is 0 Å². The highest BCUT2D eigenvalue weighted by Crippen LogP contribution is 2.28. The number of aryl methyl sites for hydroxylation is 2. The lowest BCUT2D eigenvalue weighted by molar-refractivity contribution is 0.310. The maximum Gasteiger partial charge on any atom is 0.191 e. The number of nitrogens with zero attached hydrogens (tertiary/aromatic N) is 2. The lowest BCUT2D eigenvalue weighted by atomic mass is 10.1. The summed E-state index contributed by atoms with van der Waals surface area (Å²) in [5.74, 6) is 2.39. The molecular weight excluding hydrogens is 479 g/mol. The van der Waals surface area contributed by atoms with E-state index in [2.05, 4.69) is 39.7 Å². The third-order valence-corrected chi connectivity index (χ3v) is 4.15. The summed E-state index contributed by atoms with van der Waals surface area (Å²) in [4.78, 5) is 9.12. The van der Waals surface area contributed by atoms with E-state index in [0.29, 0.717) is 13.2 Å². The molecule has 0 spiro atoms. The zero-order valence-corrected chi connectivity index (χ0v) is 20.2. The van der Waals surface area contributed by atoms with Gasteiger partial charge in [0.1, 0.15) is 0 Å². The number of aliphatic imine (C=N–C) groups is 1. The van der Waals surface area contributed by atoms with Crippen molar-refractivity contribution < 1.29 is 9.47 Å². The van der Waals surface area contributed by atoms with Crippen LogP contribution < -0.4 is 20.1 Å². The highest BCUT2D eigenvalue weighted by atomic mass is 127. The molecule has 0 aliphatic carbocycles. The number of methoxy groups -OCH3 is 1. The van der Waals surface area contributed by atoms with Gasteiger partial charge in [-0.2, -0.15) is 0 Å². The monoisotopic (exact) mass is 512 g/mol. The van der Waals surface area contributed by atoms with Crippen molar-refractivity contribution in [2.45, 2.75) is 40.2 Å². The molecule has 2 N–H and O–H groups in total. The molecule has 0 radical (unpaired) electrons. The van der Waals surface area contributed by atoms with Crippen LogP contribution in [0.5, 0.6) is 11.5 Å². The molecule has 1 aromatic heterocycles. The van der Waals surface area contributed by atoms with Crippen molar-refractivity contribution in [3.05, 3.63) is 53.3 Å². The van der Waals surface area contributed by atoms with Crippen LogP contribution in [-0.2, 0) is 13.0 Å². The number of benzene rings is 1. The van der Waals surface area contributed by atoms with Gasteiger partial charge in [-0.15, -0.1) is 24.0 Å². The van der Waals surface area contributed by atoms with Gasteiger partial charge >= 0.3 is 0 Å². The van der Waals surface area contributed by atoms with Gasteiger partial charge in [-0.05, 0) is 63.4 Å². The summed E-state index contributed by atoms with van der Waals surface area (Å²) in [7, 11) is 1.66. The first kappa shape index (κ1) is 25.0. The Hall–Kier alpha value is -2.03. The molecule has 0 atom stereocenters. The second kappa shape index (κ2) is 14.0. The summed E-state index contributed by atoms with van der Waals surface area (Å²) in [5.41, 5.74) is 3.22. The molecule has 0 aliphatic rings. The van der Waals surface area contributed by atoms with Crippen LogP contribution in [0, 0.1) is 6.92 Å². The van der Waals surface area contributed by atoms with Crippen LogP contribution in [0.1, 0.15) is 37.2 Å². The molecule has 2 rings (SSSR count). The quantitative estimate of drug-likeness (QED) is 0.217. The van der Waals surface area contributed by atoms with Crippen molar-refractivity contribution in [1.82, 2.24) is 15.6 Å². The first-order valence-electron chi connectivity index (χ1n) is 9.90. The fourth-order valence-electron chi connectivity index (χ4n) is 2.83. The van der Waals surface area contributed by atoms with Crippen LogP contribution in [0.2, 0.25) is 0 Å². The number of halogens is 1. The van der Waals surface area contributed by atoms with Crippen molar-refractivity contribution in [3.8, 4) is 11.5 Å². The molecule has 0 aliphatic heterocycles. The number of hydrogen-bond donors (Lipinski definition) is 2. The normalized spacial score (nSPS) is 10.8. The Morgan fingerprint density at radius 1 is 1.10 bits per heavy atom. The first-order chi connectivity index (χ1) is 13.7. The Labute approximate surface area is 191 Å². The zero-order chi connectivity index (χ0) is 20.2. The van der Waals surface area contributed by atoms with Crippen molar-refractivity contribution >= 4 is 29.9 Å². The molecule has 0 unspecified atom stereocenters. The van der Waals surface area contributed by atoms with Crippen molar-refractivity contribution in [2.24, 2.45) is 4.99 Å². The molecule has 0 saturated heterocycles. The van der Waals surface area contributed by atoms with Crippen LogP contribution in [-0.4, -0.2) is 37.7 Å². The summed E-state index contributed by atoms with van der Waals surface area (Å²) in [6, 6.07) is 12.1. The highest BCUT2D eigenvalue weighted by molar-refractivity contribution is 14.0. The third kappa shape index (κ3) is 8.89. The van der Waals surface area contributed by atoms with Crippen LogP contribution in [0.15, 0.2) is 41.4 Å². The molecule has 0 bridgehead atoms. The van der Waals surface area contributed by atoms with Gasteiger partial charge in [0, 0.05) is 18.8 Å². The summed E-state index contributed by atoms with van der Waals surface area (Å²) in [6.45, 7) is 8.88. The predicted molar refractivity (Wildman–Crippen MR) is 130 cm³/mol. The zero-order valence-electron chi connectivity index (χ0n) is 17.8. The highest BCUT2D eigenvalue weighted by Gasteiger charge is 2.05. The average molecular weight is 512 g/mol. The standard InChI is InChI=1S/C22H32N4O2.HI/c1-5-23-22(25-16-19-11-7-9-17(3)26-19)24-14-8-10-18-12-13-20(27-4)21(15-18)28-6-2;/h7,9,11-13,15H,5-6,8,10,14,16H2,1-4H3,(H2,23,24,25);1H. The smallest absolute Gasteiger partial charge is 0.191 e. The van der Waals surface area contributed by atoms with E-state index < -0.39 is 0 Å². The van der Waals surface area contributed by atoms with Crippen LogP contribution >= 0.6 is 24.0 Å². The maximum atomic E-state index is 5.65. The number of aromatic nitrogens is 1. The fourth-order valence-corrected chi connectivity index (χ4v) is 2.83. The third-order valence-electron chi connectivity index (χ3n) is 4.15. The number of pyridine rings is 1. The van der Waals surface area contributed by atoms with E-state index in [9.17, 15) is 0 Å². The number of ether oxygens (including phenoxy) is 2. The van der Waals surface area contributed by atoms with Gasteiger partial charge < -0.3 is 20.1 Å². The first-order valence-corrected chi connectivity index (χ1v) is 9.90. The SMILES string of the molecule is CCNC(=NCc1cccc(C)n1)NCCCc1ccc(OC)c(OCC)c1.I. The predicted octanol–water partition coefficient (Wildman–Crippen LogP) is 4.10. The number of rotatable bonds is 10. The molecule has 1 aromatic carbocycles. The maximum absolute atomic E-state index is 5.65. The Morgan fingerprint density at radius 2 is 1.93 bits per heavy atom. The summed E-state index contributed by atoms with van der Waals surface area (Å²) >= 11 is 0. The fraction of sp³-hybridized carbons (Fsp3) is 0.455.